The fourth-order valence-electron chi connectivity index (χ4n) is 3.17. The van der Waals surface area contributed by atoms with Gasteiger partial charge in [0, 0.05) is 13.1 Å². The minimum Gasteiger partial charge on any atom is -0.273 e. The van der Waals surface area contributed by atoms with Crippen LogP contribution >= 0.6 is 0 Å². The van der Waals surface area contributed by atoms with Crippen LogP contribution in [0.3, 0.4) is 0 Å². The summed E-state index contributed by atoms with van der Waals surface area (Å²) in [6.07, 6.45) is 1.63. The zero-order valence-electron chi connectivity index (χ0n) is 12.8. The van der Waals surface area contributed by atoms with Crippen molar-refractivity contribution >= 4 is 44.4 Å². The van der Waals surface area contributed by atoms with Crippen molar-refractivity contribution < 1.29 is 4.79 Å². The fourth-order valence-corrected chi connectivity index (χ4v) is 3.17. The van der Waals surface area contributed by atoms with Gasteiger partial charge in [0.25, 0.3) is 0 Å². The summed E-state index contributed by atoms with van der Waals surface area (Å²) < 4.78 is 0. The first-order valence-corrected chi connectivity index (χ1v) is 7.62. The Morgan fingerprint density at radius 3 is 1.74 bits per heavy atom. The minimum atomic E-state index is -0.187. The van der Waals surface area contributed by atoms with Gasteiger partial charge in [-0.15, -0.1) is 0 Å². The van der Waals surface area contributed by atoms with Gasteiger partial charge in [-0.3, -0.25) is 4.79 Å². The van der Waals surface area contributed by atoms with E-state index >= 15 is 0 Å². The zero-order valence-corrected chi connectivity index (χ0v) is 12.8. The van der Waals surface area contributed by atoms with E-state index in [2.05, 4.69) is 65.7 Å². The highest BCUT2D eigenvalue weighted by molar-refractivity contribution is 6.25. The van der Waals surface area contributed by atoms with Crippen LogP contribution in [0.2, 0.25) is 0 Å². The summed E-state index contributed by atoms with van der Waals surface area (Å²) in [5.41, 5.74) is 0.938. The first-order chi connectivity index (χ1) is 11.2. The van der Waals surface area contributed by atoms with Crippen LogP contribution in [0.1, 0.15) is 12.5 Å². The highest BCUT2D eigenvalue weighted by Crippen LogP contribution is 2.34. The molecular weight excluding hydrogens is 282 g/mol. The van der Waals surface area contributed by atoms with Crippen LogP contribution in [0.4, 0.5) is 0 Å². The number of carbonyl (C=O) groups excluding carboxylic acids is 1. The van der Waals surface area contributed by atoms with Gasteiger partial charge in [-0.25, -0.2) is 4.99 Å². The maximum absolute atomic E-state index is 11.1. The average Bonchev–Trinajstić information content (AvgIpc) is 2.60. The van der Waals surface area contributed by atoms with E-state index in [9.17, 15) is 4.79 Å². The molecule has 0 N–H and O–H groups in total. The van der Waals surface area contributed by atoms with Crippen molar-refractivity contribution in [2.75, 3.05) is 0 Å². The molecule has 2 nitrogen and oxygen atoms in total. The molecule has 4 aromatic rings. The molecule has 23 heavy (non-hydrogen) atoms. The Morgan fingerprint density at radius 1 is 0.739 bits per heavy atom. The largest absolute Gasteiger partial charge is 0.273 e. The SMILES string of the molecule is CC(=O)/N=C/c1ccc2c3ccccc3c3ccccc3c2c1. The molecule has 2 heteroatoms. The molecule has 4 aromatic carbocycles. The molecule has 0 aromatic heterocycles. The number of nitrogens with zero attached hydrogens (tertiary/aromatic N) is 1. The molecule has 0 aliphatic heterocycles. The van der Waals surface area contributed by atoms with Crippen molar-refractivity contribution in [3.8, 4) is 0 Å². The first kappa shape index (κ1) is 13.6. The molecule has 0 saturated heterocycles. The standard InChI is InChI=1S/C21H15NO/c1-14(23)22-13-15-10-11-20-18-8-3-2-6-16(18)17-7-4-5-9-19(17)21(20)12-15/h2-13H,1H3/b22-13+. The van der Waals surface area contributed by atoms with Crippen LogP contribution in [0.15, 0.2) is 71.7 Å². The normalized spacial score (nSPS) is 11.7. The highest BCUT2D eigenvalue weighted by Gasteiger charge is 2.07. The molecule has 1 amide bonds. The molecular formula is C21H15NO. The first-order valence-electron chi connectivity index (χ1n) is 7.62. The predicted molar refractivity (Wildman–Crippen MR) is 97.2 cm³/mol. The molecule has 110 valence electrons. The number of aliphatic imine (C=N–C) groups is 1. The average molecular weight is 297 g/mol. The van der Waals surface area contributed by atoms with Crippen LogP contribution in [0.25, 0.3) is 32.3 Å². The highest BCUT2D eigenvalue weighted by atomic mass is 16.1. The summed E-state index contributed by atoms with van der Waals surface area (Å²) >= 11 is 0. The number of amides is 1. The van der Waals surface area contributed by atoms with E-state index in [4.69, 9.17) is 0 Å². The molecule has 4 rings (SSSR count). The van der Waals surface area contributed by atoms with E-state index in [1.165, 1.54) is 39.2 Å². The number of carbonyl (C=O) groups is 1. The lowest BCUT2D eigenvalue weighted by atomic mass is 9.93. The molecule has 0 heterocycles. The predicted octanol–water partition coefficient (Wildman–Crippen LogP) is 5.11. The lowest BCUT2D eigenvalue weighted by Gasteiger charge is -2.10. The van der Waals surface area contributed by atoms with Crippen molar-refractivity contribution in [3.05, 3.63) is 72.3 Å². The van der Waals surface area contributed by atoms with Crippen LogP contribution in [0.5, 0.6) is 0 Å². The lowest BCUT2D eigenvalue weighted by molar-refractivity contribution is -0.115. The van der Waals surface area contributed by atoms with Crippen molar-refractivity contribution in [1.29, 1.82) is 0 Å². The summed E-state index contributed by atoms with van der Waals surface area (Å²) in [4.78, 5) is 15.0. The Hall–Kier alpha value is -3.00. The smallest absolute Gasteiger partial charge is 0.242 e. The van der Waals surface area contributed by atoms with Crippen LogP contribution < -0.4 is 0 Å². The van der Waals surface area contributed by atoms with E-state index in [1.807, 2.05) is 6.07 Å². The van der Waals surface area contributed by atoms with Crippen molar-refractivity contribution in [2.24, 2.45) is 4.99 Å². The van der Waals surface area contributed by atoms with Crippen LogP contribution in [-0.2, 0) is 4.79 Å². The molecule has 0 spiro atoms. The third-order valence-corrected chi connectivity index (χ3v) is 4.16. The second kappa shape index (κ2) is 5.33. The summed E-state index contributed by atoms with van der Waals surface area (Å²) in [5.74, 6) is -0.187. The third-order valence-electron chi connectivity index (χ3n) is 4.16. The van der Waals surface area contributed by atoms with Gasteiger partial charge in [0.05, 0.1) is 0 Å². The van der Waals surface area contributed by atoms with Gasteiger partial charge in [-0.2, -0.15) is 0 Å². The third kappa shape index (κ3) is 2.29. The molecule has 0 radical (unpaired) electrons. The van der Waals surface area contributed by atoms with E-state index in [0.29, 0.717) is 0 Å². The van der Waals surface area contributed by atoms with Crippen molar-refractivity contribution in [1.82, 2.24) is 0 Å². The number of rotatable bonds is 1. The Morgan fingerprint density at radius 2 is 1.22 bits per heavy atom. The topological polar surface area (TPSA) is 29.4 Å². The number of hydrogen-bond acceptors (Lipinski definition) is 1. The summed E-state index contributed by atoms with van der Waals surface area (Å²) in [6.45, 7) is 1.46. The summed E-state index contributed by atoms with van der Waals surface area (Å²) in [5, 5.41) is 7.39. The monoisotopic (exact) mass is 297 g/mol. The number of fused-ring (bicyclic) bond motifs is 6. The minimum absolute atomic E-state index is 0.187. The molecule has 0 fully saturated rings. The van der Waals surface area contributed by atoms with E-state index in [1.54, 1.807) is 6.21 Å². The Kier molecular flexibility index (Phi) is 3.16. The maximum Gasteiger partial charge on any atom is 0.242 e. The molecule has 0 saturated carbocycles. The van der Waals surface area contributed by atoms with Gasteiger partial charge in [0.2, 0.25) is 5.91 Å². The molecule has 0 unspecified atom stereocenters. The Bertz CT molecular complexity index is 1060. The zero-order chi connectivity index (χ0) is 15.8. The van der Waals surface area contributed by atoms with Crippen LogP contribution in [-0.4, -0.2) is 12.1 Å². The number of benzene rings is 4. The van der Waals surface area contributed by atoms with Gasteiger partial charge in [0.1, 0.15) is 0 Å². The maximum atomic E-state index is 11.1. The fraction of sp³-hybridized carbons (Fsp3) is 0.0476. The van der Waals surface area contributed by atoms with Gasteiger partial charge in [-0.1, -0.05) is 60.7 Å². The van der Waals surface area contributed by atoms with E-state index in [-0.39, 0.29) is 5.91 Å². The summed E-state index contributed by atoms with van der Waals surface area (Å²) in [7, 11) is 0. The van der Waals surface area contributed by atoms with Gasteiger partial charge >= 0.3 is 0 Å². The molecule has 0 aliphatic carbocycles. The molecule has 0 aliphatic rings. The van der Waals surface area contributed by atoms with Crippen molar-refractivity contribution in [2.45, 2.75) is 6.92 Å². The second-order valence-corrected chi connectivity index (χ2v) is 5.67. The quantitative estimate of drug-likeness (QED) is 0.354. The van der Waals surface area contributed by atoms with E-state index in [0.717, 1.165) is 5.56 Å². The summed E-state index contributed by atoms with van der Waals surface area (Å²) in [6, 6.07) is 23.2. The van der Waals surface area contributed by atoms with Gasteiger partial charge in [0.15, 0.2) is 0 Å². The molecule has 0 bridgehead atoms. The Labute approximate surface area is 134 Å². The lowest BCUT2D eigenvalue weighted by Crippen LogP contribution is -1.88. The Balaban J connectivity index is 2.14. The van der Waals surface area contributed by atoms with E-state index < -0.39 is 0 Å². The van der Waals surface area contributed by atoms with Crippen molar-refractivity contribution in [3.63, 3.8) is 0 Å². The number of hydrogen-bond donors (Lipinski definition) is 0. The molecule has 0 atom stereocenters. The van der Waals surface area contributed by atoms with Gasteiger partial charge < -0.3 is 0 Å². The van der Waals surface area contributed by atoms with Crippen LogP contribution in [0, 0.1) is 0 Å². The second-order valence-electron chi connectivity index (χ2n) is 5.67. The van der Waals surface area contributed by atoms with Gasteiger partial charge in [-0.05, 0) is 43.9 Å².